The van der Waals surface area contributed by atoms with Gasteiger partial charge in [0, 0.05) is 31.1 Å². The van der Waals surface area contributed by atoms with Crippen LogP contribution in [0.25, 0.3) is 0 Å². The van der Waals surface area contributed by atoms with Crippen LogP contribution >= 0.6 is 11.8 Å². The number of aryl methyl sites for hydroxylation is 1. The lowest BCUT2D eigenvalue weighted by atomic mass is 10.2. The number of hydrogen-bond donors (Lipinski definition) is 1. The maximum Gasteiger partial charge on any atom is 0.0185 e. The van der Waals surface area contributed by atoms with E-state index >= 15 is 0 Å². The number of nitrogens with one attached hydrogen (secondary N) is 1. The molecule has 0 atom stereocenters. The van der Waals surface area contributed by atoms with Gasteiger partial charge in [0.25, 0.3) is 0 Å². The molecular weight excluding hydrogens is 228 g/mol. The summed E-state index contributed by atoms with van der Waals surface area (Å²) in [5, 5.41) is 3.45. The van der Waals surface area contributed by atoms with Crippen molar-refractivity contribution in [3.05, 3.63) is 35.4 Å². The van der Waals surface area contributed by atoms with Crippen LogP contribution in [0.1, 0.15) is 11.1 Å². The summed E-state index contributed by atoms with van der Waals surface area (Å²) in [6, 6.07) is 8.77. The Balaban J connectivity index is 2.01. The number of hydrogen-bond acceptors (Lipinski definition) is 3. The quantitative estimate of drug-likeness (QED) is 0.715. The third-order valence-electron chi connectivity index (χ3n) is 2.51. The maximum atomic E-state index is 3.45. The van der Waals surface area contributed by atoms with Gasteiger partial charge in [0.05, 0.1) is 0 Å². The van der Waals surface area contributed by atoms with Gasteiger partial charge < -0.3 is 10.2 Å². The number of thioether (sulfide) groups is 1. The van der Waals surface area contributed by atoms with Crippen molar-refractivity contribution in [2.45, 2.75) is 12.7 Å². The van der Waals surface area contributed by atoms with E-state index in [1.54, 1.807) is 0 Å². The summed E-state index contributed by atoms with van der Waals surface area (Å²) in [6.45, 7) is 5.45. The van der Waals surface area contributed by atoms with E-state index in [9.17, 15) is 0 Å². The molecule has 1 N–H and O–H groups in total. The van der Waals surface area contributed by atoms with Gasteiger partial charge in [-0.25, -0.2) is 0 Å². The molecule has 17 heavy (non-hydrogen) atoms. The smallest absolute Gasteiger partial charge is 0.0185 e. The summed E-state index contributed by atoms with van der Waals surface area (Å²) >= 11 is 2.00. The first-order valence-corrected chi connectivity index (χ1v) is 7.32. The van der Waals surface area contributed by atoms with Crippen LogP contribution in [0.5, 0.6) is 0 Å². The predicted octanol–water partition coefficient (Wildman–Crippen LogP) is 2.38. The van der Waals surface area contributed by atoms with Crippen LogP contribution in [-0.4, -0.2) is 44.4 Å². The van der Waals surface area contributed by atoms with Crippen molar-refractivity contribution < 1.29 is 0 Å². The highest BCUT2D eigenvalue weighted by Gasteiger charge is 1.94. The molecule has 0 aliphatic rings. The molecule has 0 spiro atoms. The largest absolute Gasteiger partial charge is 0.315 e. The first-order valence-electron chi connectivity index (χ1n) is 6.17. The second-order valence-corrected chi connectivity index (χ2v) is 5.70. The molecule has 0 amide bonds. The fourth-order valence-corrected chi connectivity index (χ4v) is 2.41. The van der Waals surface area contributed by atoms with Crippen molar-refractivity contribution in [2.75, 3.05) is 39.5 Å². The van der Waals surface area contributed by atoms with E-state index in [2.05, 4.69) is 55.5 Å². The van der Waals surface area contributed by atoms with Gasteiger partial charge in [-0.3, -0.25) is 0 Å². The summed E-state index contributed by atoms with van der Waals surface area (Å²) in [5.74, 6) is 2.30. The average Bonchev–Trinajstić information content (AvgIpc) is 2.27. The van der Waals surface area contributed by atoms with Crippen molar-refractivity contribution in [3.8, 4) is 0 Å². The zero-order valence-corrected chi connectivity index (χ0v) is 12.0. The van der Waals surface area contributed by atoms with Gasteiger partial charge in [0.15, 0.2) is 0 Å². The molecule has 0 bridgehead atoms. The number of nitrogens with zero attached hydrogens (tertiary/aromatic N) is 1. The minimum Gasteiger partial charge on any atom is -0.315 e. The maximum absolute atomic E-state index is 3.45. The predicted molar refractivity (Wildman–Crippen MR) is 78.8 cm³/mol. The second-order valence-electron chi connectivity index (χ2n) is 4.59. The van der Waals surface area contributed by atoms with Crippen LogP contribution in [0.3, 0.4) is 0 Å². The molecule has 0 radical (unpaired) electrons. The Labute approximate surface area is 110 Å². The molecule has 1 aromatic rings. The molecule has 2 nitrogen and oxygen atoms in total. The molecule has 0 saturated heterocycles. The first kappa shape index (κ1) is 14.6. The molecule has 0 saturated carbocycles. The first-order chi connectivity index (χ1) is 8.18. The van der Waals surface area contributed by atoms with Gasteiger partial charge in [-0.1, -0.05) is 29.8 Å². The third-order valence-corrected chi connectivity index (χ3v) is 3.54. The Kier molecular flexibility index (Phi) is 7.33. The van der Waals surface area contributed by atoms with Crippen LogP contribution < -0.4 is 5.32 Å². The van der Waals surface area contributed by atoms with Crippen LogP contribution in [0.15, 0.2) is 24.3 Å². The van der Waals surface area contributed by atoms with Gasteiger partial charge in [0.1, 0.15) is 0 Å². The highest BCUT2D eigenvalue weighted by molar-refractivity contribution is 7.98. The van der Waals surface area contributed by atoms with Crippen molar-refractivity contribution in [2.24, 2.45) is 0 Å². The molecule has 0 unspecified atom stereocenters. The number of rotatable bonds is 8. The summed E-state index contributed by atoms with van der Waals surface area (Å²) in [6.07, 6.45) is 0. The molecule has 0 fully saturated rings. The fourth-order valence-electron chi connectivity index (χ4n) is 1.56. The van der Waals surface area contributed by atoms with E-state index in [1.165, 1.54) is 16.9 Å². The highest BCUT2D eigenvalue weighted by atomic mass is 32.2. The van der Waals surface area contributed by atoms with Gasteiger partial charge in [-0.15, -0.1) is 0 Å². The fraction of sp³-hybridized carbons (Fsp3) is 0.571. The molecule has 1 aromatic carbocycles. The Morgan fingerprint density at radius 1 is 1.24 bits per heavy atom. The Morgan fingerprint density at radius 3 is 2.76 bits per heavy atom. The molecule has 0 heterocycles. The van der Waals surface area contributed by atoms with E-state index in [4.69, 9.17) is 0 Å². The standard InChI is InChI=1S/C14H24N2S/c1-13-5-4-6-14(11-13)12-17-10-8-15-7-9-16(2)3/h4-6,11,15H,7-10,12H2,1-3H3. The van der Waals surface area contributed by atoms with Crippen molar-refractivity contribution in [1.82, 2.24) is 10.2 Å². The van der Waals surface area contributed by atoms with Crippen molar-refractivity contribution in [1.29, 1.82) is 0 Å². The SMILES string of the molecule is Cc1cccc(CSCCNCCN(C)C)c1. The van der Waals surface area contributed by atoms with Crippen LogP contribution in [0.2, 0.25) is 0 Å². The van der Waals surface area contributed by atoms with Gasteiger partial charge in [0.2, 0.25) is 0 Å². The molecule has 0 aromatic heterocycles. The van der Waals surface area contributed by atoms with E-state index in [0.29, 0.717) is 0 Å². The number of likely N-dealkylation sites (N-methyl/N-ethyl adjacent to an activating group) is 1. The molecular formula is C14H24N2S. The summed E-state index contributed by atoms with van der Waals surface area (Å²) < 4.78 is 0. The van der Waals surface area contributed by atoms with E-state index in [1.807, 2.05) is 11.8 Å². The van der Waals surface area contributed by atoms with Crippen molar-refractivity contribution in [3.63, 3.8) is 0 Å². The van der Waals surface area contributed by atoms with Gasteiger partial charge in [-0.05, 0) is 26.6 Å². The monoisotopic (exact) mass is 252 g/mol. The van der Waals surface area contributed by atoms with E-state index in [-0.39, 0.29) is 0 Å². The highest BCUT2D eigenvalue weighted by Crippen LogP contribution is 2.12. The van der Waals surface area contributed by atoms with Crippen LogP contribution in [-0.2, 0) is 5.75 Å². The van der Waals surface area contributed by atoms with Crippen molar-refractivity contribution >= 4 is 11.8 Å². The Hall–Kier alpha value is -0.510. The summed E-state index contributed by atoms with van der Waals surface area (Å²) in [4.78, 5) is 2.20. The lowest BCUT2D eigenvalue weighted by Gasteiger charge is -2.10. The minimum absolute atomic E-state index is 1.08. The van der Waals surface area contributed by atoms with Crippen LogP contribution in [0, 0.1) is 6.92 Å². The third kappa shape index (κ3) is 7.42. The van der Waals surface area contributed by atoms with E-state index in [0.717, 1.165) is 25.4 Å². The summed E-state index contributed by atoms with van der Waals surface area (Å²) in [5.41, 5.74) is 2.79. The average molecular weight is 252 g/mol. The molecule has 96 valence electrons. The Bertz CT molecular complexity index is 313. The van der Waals surface area contributed by atoms with Crippen LogP contribution in [0.4, 0.5) is 0 Å². The zero-order valence-electron chi connectivity index (χ0n) is 11.2. The number of benzene rings is 1. The zero-order chi connectivity index (χ0) is 12.5. The minimum atomic E-state index is 1.08. The normalized spacial score (nSPS) is 11.1. The topological polar surface area (TPSA) is 15.3 Å². The van der Waals surface area contributed by atoms with Gasteiger partial charge in [-0.2, -0.15) is 11.8 Å². The lowest BCUT2D eigenvalue weighted by molar-refractivity contribution is 0.403. The van der Waals surface area contributed by atoms with E-state index < -0.39 is 0 Å². The lowest BCUT2D eigenvalue weighted by Crippen LogP contribution is -2.27. The molecule has 0 aliphatic carbocycles. The second kappa shape index (κ2) is 8.56. The molecule has 0 aliphatic heterocycles. The molecule has 3 heteroatoms. The summed E-state index contributed by atoms with van der Waals surface area (Å²) in [7, 11) is 4.21. The van der Waals surface area contributed by atoms with Gasteiger partial charge >= 0.3 is 0 Å². The Morgan fingerprint density at radius 2 is 2.06 bits per heavy atom. The molecule has 1 rings (SSSR count).